The zero-order valence-electron chi connectivity index (χ0n) is 16.1. The Bertz CT molecular complexity index is 1260. The van der Waals surface area contributed by atoms with Crippen LogP contribution in [0.3, 0.4) is 0 Å². The van der Waals surface area contributed by atoms with Crippen LogP contribution in [0.2, 0.25) is 5.02 Å². The van der Waals surface area contributed by atoms with Gasteiger partial charge in [0.25, 0.3) is 5.95 Å². The van der Waals surface area contributed by atoms with E-state index in [1.54, 1.807) is 17.1 Å². The standard InChI is InChI=1S/C23H17ClFN5/c1-15-26-27-23-29(14-17-6-2-4-8-20(17)25)28-22(16-10-12-18(24)13-11-16)19-7-3-5-9-21(19)30(15)23/h2-13H,14H2,1H3. The first-order valence-corrected chi connectivity index (χ1v) is 9.87. The molecular weight excluding hydrogens is 401 g/mol. The molecule has 0 radical (unpaired) electrons. The molecule has 0 bridgehead atoms. The zero-order chi connectivity index (χ0) is 20.7. The van der Waals surface area contributed by atoms with Gasteiger partial charge in [-0.15, -0.1) is 10.2 Å². The van der Waals surface area contributed by atoms with Crippen LogP contribution in [-0.2, 0) is 6.54 Å². The molecule has 1 aromatic heterocycles. The van der Waals surface area contributed by atoms with Gasteiger partial charge in [-0.3, -0.25) is 4.57 Å². The maximum atomic E-state index is 14.4. The Hall–Kier alpha value is -3.51. The van der Waals surface area contributed by atoms with Crippen LogP contribution in [0.15, 0.2) is 77.9 Å². The quantitative estimate of drug-likeness (QED) is 0.463. The number of halogens is 2. The number of rotatable bonds is 3. The summed E-state index contributed by atoms with van der Waals surface area (Å²) in [5, 5.41) is 15.9. The first-order valence-electron chi connectivity index (χ1n) is 9.49. The van der Waals surface area contributed by atoms with Gasteiger partial charge >= 0.3 is 0 Å². The number of aryl methyl sites for hydroxylation is 1. The van der Waals surface area contributed by atoms with Crippen molar-refractivity contribution < 1.29 is 4.39 Å². The lowest BCUT2D eigenvalue weighted by Gasteiger charge is -2.18. The van der Waals surface area contributed by atoms with Crippen LogP contribution >= 0.6 is 11.6 Å². The van der Waals surface area contributed by atoms with Gasteiger partial charge < -0.3 is 0 Å². The van der Waals surface area contributed by atoms with Crippen molar-refractivity contribution in [3.05, 3.63) is 106 Å². The molecule has 1 aliphatic rings. The minimum atomic E-state index is -0.287. The summed E-state index contributed by atoms with van der Waals surface area (Å²) in [6.45, 7) is 2.11. The summed E-state index contributed by atoms with van der Waals surface area (Å²) in [6.07, 6.45) is 0. The van der Waals surface area contributed by atoms with E-state index in [2.05, 4.69) is 10.2 Å². The molecule has 0 fully saturated rings. The summed E-state index contributed by atoms with van der Waals surface area (Å²) in [6, 6.07) is 22.2. The van der Waals surface area contributed by atoms with Crippen molar-refractivity contribution >= 4 is 23.3 Å². The lowest BCUT2D eigenvalue weighted by Crippen LogP contribution is -2.21. The Morgan fingerprint density at radius 2 is 1.63 bits per heavy atom. The smallest absolute Gasteiger partial charge is 0.252 e. The van der Waals surface area contributed by atoms with E-state index in [1.807, 2.05) is 66.1 Å². The van der Waals surface area contributed by atoms with E-state index in [0.29, 0.717) is 16.5 Å². The van der Waals surface area contributed by atoms with Crippen molar-refractivity contribution in [1.29, 1.82) is 0 Å². The predicted molar refractivity (Wildman–Crippen MR) is 116 cm³/mol. The number of nitrogens with zero attached hydrogens (tertiary/aromatic N) is 5. The summed E-state index contributed by atoms with van der Waals surface area (Å²) in [4.78, 5) is 0. The zero-order valence-corrected chi connectivity index (χ0v) is 16.9. The molecule has 148 valence electrons. The van der Waals surface area contributed by atoms with Crippen molar-refractivity contribution in [2.45, 2.75) is 13.5 Å². The van der Waals surface area contributed by atoms with Crippen LogP contribution in [-0.4, -0.2) is 20.5 Å². The molecule has 3 aromatic carbocycles. The van der Waals surface area contributed by atoms with Gasteiger partial charge in [0.1, 0.15) is 17.4 Å². The molecule has 0 unspecified atom stereocenters. The van der Waals surface area contributed by atoms with Crippen LogP contribution in [0.1, 0.15) is 22.5 Å². The van der Waals surface area contributed by atoms with E-state index < -0.39 is 0 Å². The molecule has 30 heavy (non-hydrogen) atoms. The summed E-state index contributed by atoms with van der Waals surface area (Å²) >= 11 is 6.10. The Morgan fingerprint density at radius 3 is 2.43 bits per heavy atom. The van der Waals surface area contributed by atoms with Gasteiger partial charge in [-0.25, -0.2) is 9.40 Å². The Balaban J connectivity index is 1.74. The van der Waals surface area contributed by atoms with Crippen molar-refractivity contribution in [2.75, 3.05) is 5.01 Å². The first kappa shape index (κ1) is 18.5. The lowest BCUT2D eigenvalue weighted by molar-refractivity contribution is 0.604. The first-order chi connectivity index (χ1) is 14.6. The Morgan fingerprint density at radius 1 is 0.900 bits per heavy atom. The van der Waals surface area contributed by atoms with Crippen molar-refractivity contribution in [3.63, 3.8) is 0 Å². The molecular formula is C23H17ClFN5. The monoisotopic (exact) mass is 417 g/mol. The number of fused-ring (bicyclic) bond motifs is 3. The van der Waals surface area contributed by atoms with Gasteiger partial charge in [-0.2, -0.15) is 5.10 Å². The van der Waals surface area contributed by atoms with Crippen LogP contribution in [0.4, 0.5) is 10.3 Å². The highest BCUT2D eigenvalue weighted by molar-refractivity contribution is 6.30. The predicted octanol–water partition coefficient (Wildman–Crippen LogP) is 5.14. The summed E-state index contributed by atoms with van der Waals surface area (Å²) in [5.41, 5.74) is 4.03. The van der Waals surface area contributed by atoms with E-state index in [-0.39, 0.29) is 12.4 Å². The van der Waals surface area contributed by atoms with E-state index >= 15 is 0 Å². The minimum absolute atomic E-state index is 0.218. The highest BCUT2D eigenvalue weighted by Crippen LogP contribution is 2.31. The topological polar surface area (TPSA) is 46.3 Å². The van der Waals surface area contributed by atoms with Crippen LogP contribution in [0.25, 0.3) is 5.69 Å². The van der Waals surface area contributed by atoms with Gasteiger partial charge in [0, 0.05) is 21.7 Å². The fourth-order valence-electron chi connectivity index (χ4n) is 3.60. The molecule has 0 aliphatic carbocycles. The number of hydrazone groups is 1. The largest absolute Gasteiger partial charge is 0.263 e. The summed E-state index contributed by atoms with van der Waals surface area (Å²) < 4.78 is 16.4. The van der Waals surface area contributed by atoms with E-state index in [1.165, 1.54) is 6.07 Å². The number of para-hydroxylation sites is 1. The molecule has 7 heteroatoms. The van der Waals surface area contributed by atoms with Crippen molar-refractivity contribution in [2.24, 2.45) is 5.10 Å². The molecule has 5 nitrogen and oxygen atoms in total. The number of benzene rings is 3. The molecule has 0 saturated carbocycles. The Kier molecular flexibility index (Phi) is 4.56. The number of hydrogen-bond donors (Lipinski definition) is 0. The van der Waals surface area contributed by atoms with Gasteiger partial charge in [0.15, 0.2) is 0 Å². The third-order valence-electron chi connectivity index (χ3n) is 5.06. The number of hydrogen-bond acceptors (Lipinski definition) is 4. The molecule has 0 saturated heterocycles. The number of aromatic nitrogens is 3. The van der Waals surface area contributed by atoms with E-state index in [4.69, 9.17) is 16.7 Å². The summed E-state index contributed by atoms with van der Waals surface area (Å²) in [5.74, 6) is 0.973. The Labute approximate surface area is 178 Å². The molecule has 4 aromatic rings. The van der Waals surface area contributed by atoms with Crippen LogP contribution in [0, 0.1) is 12.7 Å². The van der Waals surface area contributed by atoms with Gasteiger partial charge in [0.2, 0.25) is 0 Å². The second kappa shape index (κ2) is 7.39. The van der Waals surface area contributed by atoms with Gasteiger partial charge in [-0.05, 0) is 31.2 Å². The van der Waals surface area contributed by atoms with E-state index in [0.717, 1.165) is 28.4 Å². The highest BCUT2D eigenvalue weighted by atomic mass is 35.5. The normalized spacial score (nSPS) is 12.8. The van der Waals surface area contributed by atoms with Crippen LogP contribution in [0.5, 0.6) is 0 Å². The van der Waals surface area contributed by atoms with Gasteiger partial charge in [-0.1, -0.05) is 60.1 Å². The molecule has 1 aliphatic heterocycles. The van der Waals surface area contributed by atoms with Crippen LogP contribution < -0.4 is 5.01 Å². The molecule has 0 N–H and O–H groups in total. The second-order valence-corrected chi connectivity index (χ2v) is 7.44. The molecule has 0 amide bonds. The fraction of sp³-hybridized carbons (Fsp3) is 0.0870. The van der Waals surface area contributed by atoms with Crippen molar-refractivity contribution in [1.82, 2.24) is 14.8 Å². The number of anilines is 1. The molecule has 5 rings (SSSR count). The molecule has 0 spiro atoms. The lowest BCUT2D eigenvalue weighted by atomic mass is 10.0. The maximum Gasteiger partial charge on any atom is 0.252 e. The second-order valence-electron chi connectivity index (χ2n) is 7.00. The maximum absolute atomic E-state index is 14.4. The minimum Gasteiger partial charge on any atom is -0.263 e. The highest BCUT2D eigenvalue weighted by Gasteiger charge is 2.26. The third kappa shape index (κ3) is 3.15. The molecule has 0 atom stereocenters. The third-order valence-corrected chi connectivity index (χ3v) is 5.31. The molecule has 2 heterocycles. The fourth-order valence-corrected chi connectivity index (χ4v) is 3.73. The SMILES string of the molecule is Cc1nnc2n1-c1ccccc1C(c1ccc(Cl)cc1)=NN2Cc1ccccc1F. The van der Waals surface area contributed by atoms with Gasteiger partial charge in [0.05, 0.1) is 12.2 Å². The summed E-state index contributed by atoms with van der Waals surface area (Å²) in [7, 11) is 0. The average Bonchev–Trinajstić information content (AvgIpc) is 3.08. The van der Waals surface area contributed by atoms with E-state index in [9.17, 15) is 4.39 Å². The van der Waals surface area contributed by atoms with Crippen molar-refractivity contribution in [3.8, 4) is 5.69 Å². The average molecular weight is 418 g/mol.